The van der Waals surface area contributed by atoms with Crippen molar-refractivity contribution in [2.75, 3.05) is 0 Å². The quantitative estimate of drug-likeness (QED) is 0.718. The third-order valence-electron chi connectivity index (χ3n) is 5.19. The number of benzene rings is 1. The number of amides is 1. The van der Waals surface area contributed by atoms with Gasteiger partial charge >= 0.3 is 0 Å². The Morgan fingerprint density at radius 1 is 1.14 bits per heavy atom. The molecule has 6 heteroatoms. The van der Waals surface area contributed by atoms with Gasteiger partial charge in [0, 0.05) is 24.5 Å². The van der Waals surface area contributed by atoms with E-state index in [9.17, 15) is 9.59 Å². The van der Waals surface area contributed by atoms with Crippen molar-refractivity contribution in [2.45, 2.75) is 38.6 Å². The molecule has 1 fully saturated rings. The number of carbonyl (C=O) groups is 1. The molecule has 2 N–H and O–H groups in total. The minimum absolute atomic E-state index is 0.0159. The van der Waals surface area contributed by atoms with Gasteiger partial charge in [0.1, 0.15) is 11.4 Å². The highest BCUT2D eigenvalue weighted by molar-refractivity contribution is 5.94. The zero-order valence-electron chi connectivity index (χ0n) is 15.9. The van der Waals surface area contributed by atoms with Crippen LogP contribution in [0.4, 0.5) is 0 Å². The number of hydrogen-bond donors (Lipinski definition) is 2. The zero-order valence-corrected chi connectivity index (χ0v) is 15.9. The van der Waals surface area contributed by atoms with Crippen LogP contribution in [0.5, 0.6) is 0 Å². The first-order valence-corrected chi connectivity index (χ1v) is 9.40. The molecule has 0 spiro atoms. The van der Waals surface area contributed by atoms with E-state index in [-0.39, 0.29) is 5.56 Å². The molecular weight excluding hydrogens is 352 g/mol. The molecule has 0 saturated heterocycles. The van der Waals surface area contributed by atoms with Gasteiger partial charge in [0.05, 0.1) is 6.04 Å². The van der Waals surface area contributed by atoms with Gasteiger partial charge in [-0.1, -0.05) is 24.3 Å². The van der Waals surface area contributed by atoms with E-state index in [1.165, 1.54) is 11.8 Å². The predicted molar refractivity (Wildman–Crippen MR) is 106 cm³/mol. The molecule has 1 aliphatic carbocycles. The Labute approximate surface area is 163 Å². The number of aromatic amines is 1. The van der Waals surface area contributed by atoms with Crippen LogP contribution in [-0.2, 0) is 0 Å². The fourth-order valence-electron chi connectivity index (χ4n) is 3.19. The number of H-pyrrole nitrogens is 1. The molecular formula is C22H22N4O2. The van der Waals surface area contributed by atoms with Gasteiger partial charge in [0.25, 0.3) is 11.5 Å². The molecule has 3 aromatic rings. The number of rotatable bonds is 5. The van der Waals surface area contributed by atoms with Gasteiger partial charge in [0.2, 0.25) is 0 Å². The lowest BCUT2D eigenvalue weighted by molar-refractivity contribution is 0.0941. The van der Waals surface area contributed by atoms with Crippen molar-refractivity contribution in [1.29, 1.82) is 0 Å². The predicted octanol–water partition coefficient (Wildman–Crippen LogP) is 3.18. The Morgan fingerprint density at radius 2 is 1.96 bits per heavy atom. The normalized spacial score (nSPS) is 14.5. The molecule has 0 bridgehead atoms. The summed E-state index contributed by atoms with van der Waals surface area (Å²) < 4.78 is 0. The Balaban J connectivity index is 1.66. The van der Waals surface area contributed by atoms with E-state index in [4.69, 9.17) is 0 Å². The molecule has 28 heavy (non-hydrogen) atoms. The number of nitrogens with zero attached hydrogens (tertiary/aromatic N) is 2. The highest BCUT2D eigenvalue weighted by Gasteiger charge is 2.27. The van der Waals surface area contributed by atoms with Crippen LogP contribution in [0.15, 0.2) is 53.7 Å². The van der Waals surface area contributed by atoms with Crippen molar-refractivity contribution in [3.05, 3.63) is 92.9 Å². The fraction of sp³-hybridized carbons (Fsp3) is 0.273. The minimum Gasteiger partial charge on any atom is -0.341 e. The summed E-state index contributed by atoms with van der Waals surface area (Å²) in [5, 5.41) is 2.98. The van der Waals surface area contributed by atoms with Crippen LogP contribution in [0.1, 0.15) is 63.2 Å². The maximum Gasteiger partial charge on any atom is 0.263 e. The van der Waals surface area contributed by atoms with Gasteiger partial charge < -0.3 is 10.3 Å². The summed E-state index contributed by atoms with van der Waals surface area (Å²) in [4.78, 5) is 36.5. The van der Waals surface area contributed by atoms with Gasteiger partial charge in [-0.2, -0.15) is 0 Å². The van der Waals surface area contributed by atoms with Crippen molar-refractivity contribution in [3.8, 4) is 0 Å². The van der Waals surface area contributed by atoms with E-state index in [1.54, 1.807) is 12.4 Å². The minimum atomic E-state index is -0.455. The summed E-state index contributed by atoms with van der Waals surface area (Å²) in [5.74, 6) is 0.534. The van der Waals surface area contributed by atoms with E-state index < -0.39 is 17.5 Å². The van der Waals surface area contributed by atoms with Gasteiger partial charge in [-0.05, 0) is 55.0 Å². The van der Waals surface area contributed by atoms with E-state index >= 15 is 0 Å². The van der Waals surface area contributed by atoms with Gasteiger partial charge in [-0.3, -0.25) is 14.6 Å². The lowest BCUT2D eigenvalue weighted by Crippen LogP contribution is -2.34. The Hall–Kier alpha value is -3.28. The van der Waals surface area contributed by atoms with E-state index in [0.717, 1.165) is 29.5 Å². The van der Waals surface area contributed by atoms with Crippen LogP contribution in [0, 0.1) is 13.8 Å². The highest BCUT2D eigenvalue weighted by atomic mass is 16.2. The second-order valence-electron chi connectivity index (χ2n) is 7.32. The molecule has 0 aliphatic heterocycles. The van der Waals surface area contributed by atoms with Crippen LogP contribution >= 0.6 is 0 Å². The molecule has 1 atom stereocenters. The first-order chi connectivity index (χ1) is 13.5. The Kier molecular flexibility index (Phi) is 4.77. The number of pyridine rings is 1. The van der Waals surface area contributed by atoms with Crippen LogP contribution in [0.25, 0.3) is 0 Å². The molecule has 1 aliphatic rings. The molecule has 2 heterocycles. The molecule has 6 nitrogen and oxygen atoms in total. The average Bonchev–Trinajstić information content (AvgIpc) is 3.54. The standard InChI is InChI=1S/C22H22N4O2/c1-13-5-6-16(10-14(13)2)19(17-4-3-9-23-11-17)25-21(27)18-12-24-20(15-7-8-15)26-22(18)28/h3-6,9-12,15,19H,7-8H2,1-2H3,(H,25,27)(H,24,26,28)/t19-/m1/s1. The maximum absolute atomic E-state index is 12.9. The van der Waals surface area contributed by atoms with E-state index in [1.807, 2.05) is 44.2 Å². The second-order valence-corrected chi connectivity index (χ2v) is 7.32. The third-order valence-corrected chi connectivity index (χ3v) is 5.19. The third kappa shape index (κ3) is 3.71. The smallest absolute Gasteiger partial charge is 0.263 e. The SMILES string of the molecule is Cc1ccc([C@@H](NC(=O)c2cnc(C3CC3)[nH]c2=O)c2cccnc2)cc1C. The van der Waals surface area contributed by atoms with Crippen molar-refractivity contribution < 1.29 is 4.79 Å². The Morgan fingerprint density at radius 3 is 2.61 bits per heavy atom. The molecule has 1 saturated carbocycles. The summed E-state index contributed by atoms with van der Waals surface area (Å²) >= 11 is 0. The van der Waals surface area contributed by atoms with Crippen molar-refractivity contribution in [2.24, 2.45) is 0 Å². The molecule has 0 unspecified atom stereocenters. The Bertz CT molecular complexity index is 1070. The molecule has 4 rings (SSSR count). The van der Waals surface area contributed by atoms with Crippen molar-refractivity contribution in [3.63, 3.8) is 0 Å². The maximum atomic E-state index is 12.9. The van der Waals surface area contributed by atoms with Gasteiger partial charge in [0.15, 0.2) is 0 Å². The summed E-state index contributed by atoms with van der Waals surface area (Å²) in [6.45, 7) is 4.08. The van der Waals surface area contributed by atoms with E-state index in [2.05, 4.69) is 20.3 Å². The number of aromatic nitrogens is 3. The second kappa shape index (κ2) is 7.38. The van der Waals surface area contributed by atoms with Crippen LogP contribution < -0.4 is 10.9 Å². The summed E-state index contributed by atoms with van der Waals surface area (Å²) in [7, 11) is 0. The molecule has 1 amide bonds. The zero-order chi connectivity index (χ0) is 19.7. The summed E-state index contributed by atoms with van der Waals surface area (Å²) in [6.07, 6.45) is 6.85. The van der Waals surface area contributed by atoms with Crippen LogP contribution in [0.3, 0.4) is 0 Å². The average molecular weight is 374 g/mol. The lowest BCUT2D eigenvalue weighted by atomic mass is 9.96. The lowest BCUT2D eigenvalue weighted by Gasteiger charge is -2.20. The first kappa shape index (κ1) is 18.1. The number of nitrogens with one attached hydrogen (secondary N) is 2. The molecule has 142 valence electrons. The molecule has 2 aromatic heterocycles. The number of aryl methyl sites for hydroxylation is 2. The summed E-state index contributed by atoms with van der Waals surface area (Å²) in [5.41, 5.74) is 3.70. The first-order valence-electron chi connectivity index (χ1n) is 9.40. The molecule has 1 aromatic carbocycles. The summed E-state index contributed by atoms with van der Waals surface area (Å²) in [6, 6.07) is 9.38. The van der Waals surface area contributed by atoms with Crippen LogP contribution in [0.2, 0.25) is 0 Å². The highest BCUT2D eigenvalue weighted by Crippen LogP contribution is 2.37. The van der Waals surface area contributed by atoms with Crippen molar-refractivity contribution in [1.82, 2.24) is 20.3 Å². The number of carbonyl (C=O) groups excluding carboxylic acids is 1. The van der Waals surface area contributed by atoms with Crippen LogP contribution in [-0.4, -0.2) is 20.9 Å². The van der Waals surface area contributed by atoms with Gasteiger partial charge in [-0.25, -0.2) is 4.98 Å². The topological polar surface area (TPSA) is 87.7 Å². The van der Waals surface area contributed by atoms with E-state index in [0.29, 0.717) is 11.7 Å². The van der Waals surface area contributed by atoms with Crippen molar-refractivity contribution >= 4 is 5.91 Å². The monoisotopic (exact) mass is 374 g/mol. The fourth-order valence-corrected chi connectivity index (χ4v) is 3.19. The largest absolute Gasteiger partial charge is 0.341 e. The number of hydrogen-bond acceptors (Lipinski definition) is 4. The van der Waals surface area contributed by atoms with Gasteiger partial charge in [-0.15, -0.1) is 0 Å². The molecule has 0 radical (unpaired) electrons.